The molecule has 6 heteroatoms. The third kappa shape index (κ3) is 4.38. The van der Waals surface area contributed by atoms with Crippen LogP contribution in [0.5, 0.6) is 0 Å². The third-order valence-electron chi connectivity index (χ3n) is 4.98. The third-order valence-corrected chi connectivity index (χ3v) is 4.98. The highest BCUT2D eigenvalue weighted by Crippen LogP contribution is 2.22. The first-order valence-corrected chi connectivity index (χ1v) is 8.96. The van der Waals surface area contributed by atoms with E-state index in [-0.39, 0.29) is 12.3 Å². The number of likely N-dealkylation sites (tertiary alicyclic amines) is 1. The maximum Gasteiger partial charge on any atom is 0.303 e. The highest BCUT2D eigenvalue weighted by atomic mass is 16.4. The molecule has 1 aromatic carbocycles. The summed E-state index contributed by atoms with van der Waals surface area (Å²) in [5.74, 6) is 0.528. The van der Waals surface area contributed by atoms with Crippen LogP contribution in [0.2, 0.25) is 0 Å². The number of carboxylic acids is 1. The fourth-order valence-electron chi connectivity index (χ4n) is 3.58. The van der Waals surface area contributed by atoms with E-state index < -0.39 is 5.97 Å². The first-order chi connectivity index (χ1) is 12.0. The van der Waals surface area contributed by atoms with Gasteiger partial charge in [-0.3, -0.25) is 9.59 Å². The standard InChI is InChI=1S/C19H25N3O3/c1-13-4-2-6-15-19(13)21-16(20-15)8-9-17(23)22-11-3-5-14(12-22)7-10-18(24)25/h2,4,6,14H,3,5,7-12H2,1H3,(H,20,21)(H,24,25). The number of nitrogens with one attached hydrogen (secondary N) is 1. The topological polar surface area (TPSA) is 86.3 Å². The number of hydrogen-bond acceptors (Lipinski definition) is 3. The van der Waals surface area contributed by atoms with Crippen LogP contribution in [-0.2, 0) is 16.0 Å². The van der Waals surface area contributed by atoms with Crippen molar-refractivity contribution in [3.05, 3.63) is 29.6 Å². The van der Waals surface area contributed by atoms with Gasteiger partial charge in [0.25, 0.3) is 0 Å². The molecule has 1 aliphatic heterocycles. The van der Waals surface area contributed by atoms with Crippen molar-refractivity contribution in [3.63, 3.8) is 0 Å². The van der Waals surface area contributed by atoms with Crippen LogP contribution < -0.4 is 0 Å². The zero-order valence-corrected chi connectivity index (χ0v) is 14.6. The molecule has 25 heavy (non-hydrogen) atoms. The average Bonchev–Trinajstić information content (AvgIpc) is 3.03. The molecule has 0 spiro atoms. The fourth-order valence-corrected chi connectivity index (χ4v) is 3.58. The molecule has 6 nitrogen and oxygen atoms in total. The normalized spacial score (nSPS) is 17.8. The zero-order chi connectivity index (χ0) is 17.8. The summed E-state index contributed by atoms with van der Waals surface area (Å²) in [6, 6.07) is 6.03. The van der Waals surface area contributed by atoms with Gasteiger partial charge >= 0.3 is 5.97 Å². The van der Waals surface area contributed by atoms with Crippen LogP contribution in [-0.4, -0.2) is 44.9 Å². The first-order valence-electron chi connectivity index (χ1n) is 8.96. The Balaban J connectivity index is 1.54. The van der Waals surface area contributed by atoms with E-state index in [0.29, 0.717) is 31.7 Å². The average molecular weight is 343 g/mol. The molecule has 2 aromatic rings. The van der Waals surface area contributed by atoms with Crippen LogP contribution in [0, 0.1) is 12.8 Å². The molecule has 134 valence electrons. The molecular weight excluding hydrogens is 318 g/mol. The van der Waals surface area contributed by atoms with Crippen molar-refractivity contribution >= 4 is 22.9 Å². The quantitative estimate of drug-likeness (QED) is 0.844. The van der Waals surface area contributed by atoms with Crippen LogP contribution in [0.3, 0.4) is 0 Å². The number of carbonyl (C=O) groups excluding carboxylic acids is 1. The molecule has 0 radical (unpaired) electrons. The second-order valence-corrected chi connectivity index (χ2v) is 6.93. The van der Waals surface area contributed by atoms with Gasteiger partial charge in [0.15, 0.2) is 0 Å². The predicted molar refractivity (Wildman–Crippen MR) is 95.3 cm³/mol. The SMILES string of the molecule is Cc1cccc2[nH]c(CCC(=O)N3CCCC(CCC(=O)O)C3)nc12. The number of fused-ring (bicyclic) bond motifs is 1. The number of amides is 1. The lowest BCUT2D eigenvalue weighted by molar-refractivity contribution is -0.137. The van der Waals surface area contributed by atoms with Crippen LogP contribution in [0.4, 0.5) is 0 Å². The van der Waals surface area contributed by atoms with Gasteiger partial charge in [0.1, 0.15) is 5.82 Å². The van der Waals surface area contributed by atoms with Crippen molar-refractivity contribution in [2.75, 3.05) is 13.1 Å². The number of aliphatic carboxylic acids is 1. The highest BCUT2D eigenvalue weighted by Gasteiger charge is 2.24. The number of H-pyrrole nitrogens is 1. The lowest BCUT2D eigenvalue weighted by atomic mass is 9.93. The van der Waals surface area contributed by atoms with Crippen LogP contribution in [0.25, 0.3) is 11.0 Å². The second-order valence-electron chi connectivity index (χ2n) is 6.93. The van der Waals surface area contributed by atoms with Gasteiger partial charge < -0.3 is 15.0 Å². The molecule has 1 amide bonds. The molecule has 0 saturated carbocycles. The maximum atomic E-state index is 12.5. The highest BCUT2D eigenvalue weighted by molar-refractivity contribution is 5.79. The Morgan fingerprint density at radius 2 is 2.20 bits per heavy atom. The molecule has 1 atom stereocenters. The van der Waals surface area contributed by atoms with Crippen molar-refractivity contribution in [1.82, 2.24) is 14.9 Å². The minimum Gasteiger partial charge on any atom is -0.481 e. The largest absolute Gasteiger partial charge is 0.481 e. The number of aromatic nitrogens is 2. The van der Waals surface area contributed by atoms with Gasteiger partial charge in [-0.25, -0.2) is 4.98 Å². The summed E-state index contributed by atoms with van der Waals surface area (Å²) in [5.41, 5.74) is 3.11. The van der Waals surface area contributed by atoms with Gasteiger partial charge in [-0.2, -0.15) is 0 Å². The molecule has 2 N–H and O–H groups in total. The van der Waals surface area contributed by atoms with Crippen molar-refractivity contribution in [2.45, 2.75) is 45.4 Å². The summed E-state index contributed by atoms with van der Waals surface area (Å²) in [6.07, 6.45) is 3.85. The number of carbonyl (C=O) groups is 2. The lowest BCUT2D eigenvalue weighted by Gasteiger charge is -2.32. The van der Waals surface area contributed by atoms with E-state index in [1.807, 2.05) is 30.0 Å². The van der Waals surface area contributed by atoms with E-state index in [4.69, 9.17) is 5.11 Å². The molecular formula is C19H25N3O3. The van der Waals surface area contributed by atoms with Crippen LogP contribution >= 0.6 is 0 Å². The van der Waals surface area contributed by atoms with E-state index in [9.17, 15) is 9.59 Å². The van der Waals surface area contributed by atoms with Gasteiger partial charge in [-0.1, -0.05) is 12.1 Å². The first kappa shape index (κ1) is 17.5. The van der Waals surface area contributed by atoms with Crippen molar-refractivity contribution < 1.29 is 14.7 Å². The molecule has 1 aliphatic rings. The molecule has 0 aliphatic carbocycles. The van der Waals surface area contributed by atoms with Crippen LogP contribution in [0.1, 0.15) is 43.5 Å². The summed E-state index contributed by atoms with van der Waals surface area (Å²) in [6.45, 7) is 3.50. The monoisotopic (exact) mass is 343 g/mol. The van der Waals surface area contributed by atoms with Gasteiger partial charge in [0.05, 0.1) is 11.0 Å². The Morgan fingerprint density at radius 1 is 1.36 bits per heavy atom. The van der Waals surface area contributed by atoms with Crippen molar-refractivity contribution in [1.29, 1.82) is 0 Å². The minimum absolute atomic E-state index is 0.136. The Labute approximate surface area is 147 Å². The second kappa shape index (κ2) is 7.68. The number of aryl methyl sites for hydroxylation is 2. The molecule has 1 unspecified atom stereocenters. The maximum absolute atomic E-state index is 12.5. The van der Waals surface area contributed by atoms with Gasteiger partial charge in [-0.15, -0.1) is 0 Å². The summed E-state index contributed by atoms with van der Waals surface area (Å²) in [7, 11) is 0. The van der Waals surface area contributed by atoms with Gasteiger partial charge in [0.2, 0.25) is 5.91 Å². The van der Waals surface area contributed by atoms with Gasteiger partial charge in [0, 0.05) is 32.4 Å². The number of hydrogen-bond donors (Lipinski definition) is 2. The van der Waals surface area contributed by atoms with Crippen LogP contribution in [0.15, 0.2) is 18.2 Å². The molecule has 2 heterocycles. The number of para-hydroxylation sites is 1. The lowest BCUT2D eigenvalue weighted by Crippen LogP contribution is -2.40. The Hall–Kier alpha value is -2.37. The predicted octanol–water partition coefficient (Wildman–Crippen LogP) is 2.91. The number of rotatable bonds is 6. The Morgan fingerprint density at radius 3 is 2.96 bits per heavy atom. The van der Waals surface area contributed by atoms with Gasteiger partial charge in [-0.05, 0) is 43.7 Å². The zero-order valence-electron chi connectivity index (χ0n) is 14.6. The Bertz CT molecular complexity index is 768. The van der Waals surface area contributed by atoms with E-state index in [1.54, 1.807) is 0 Å². The molecule has 3 rings (SSSR count). The smallest absolute Gasteiger partial charge is 0.303 e. The Kier molecular flexibility index (Phi) is 5.36. The fraction of sp³-hybridized carbons (Fsp3) is 0.526. The molecule has 0 bridgehead atoms. The van der Waals surface area contributed by atoms with Crippen molar-refractivity contribution in [2.24, 2.45) is 5.92 Å². The van der Waals surface area contributed by atoms with E-state index in [0.717, 1.165) is 41.8 Å². The summed E-state index contributed by atoms with van der Waals surface area (Å²) < 4.78 is 0. The number of imidazole rings is 1. The number of aromatic amines is 1. The molecule has 1 saturated heterocycles. The summed E-state index contributed by atoms with van der Waals surface area (Å²) in [4.78, 5) is 33.0. The number of carboxylic acid groups (broad SMARTS) is 1. The summed E-state index contributed by atoms with van der Waals surface area (Å²) in [5, 5.41) is 8.82. The van der Waals surface area contributed by atoms with E-state index in [1.165, 1.54) is 0 Å². The number of nitrogens with zero attached hydrogens (tertiary/aromatic N) is 2. The van der Waals surface area contributed by atoms with E-state index in [2.05, 4.69) is 9.97 Å². The molecule has 1 aromatic heterocycles. The molecule has 1 fully saturated rings. The minimum atomic E-state index is -0.761. The number of benzene rings is 1. The van der Waals surface area contributed by atoms with E-state index >= 15 is 0 Å². The number of piperidine rings is 1. The summed E-state index contributed by atoms with van der Waals surface area (Å²) >= 11 is 0. The van der Waals surface area contributed by atoms with Crippen molar-refractivity contribution in [3.8, 4) is 0 Å².